The molecule has 0 aliphatic carbocycles. The van der Waals surface area contributed by atoms with E-state index in [1.165, 1.54) is 0 Å². The number of hydrogen-bond acceptors (Lipinski definition) is 5. The van der Waals surface area contributed by atoms with Crippen LogP contribution in [0, 0.1) is 0 Å². The van der Waals surface area contributed by atoms with Crippen LogP contribution in [0.15, 0.2) is 84.9 Å². The molecule has 0 spiro atoms. The Hall–Kier alpha value is -4.17. The van der Waals surface area contributed by atoms with Crippen LogP contribution in [0.5, 0.6) is 0 Å². The van der Waals surface area contributed by atoms with E-state index in [4.69, 9.17) is 4.74 Å². The highest BCUT2D eigenvalue weighted by Crippen LogP contribution is 2.33. The fraction of sp³-hybridized carbons (Fsp3) is 0.250. The van der Waals surface area contributed by atoms with Crippen LogP contribution in [0.2, 0.25) is 0 Å². The van der Waals surface area contributed by atoms with Crippen LogP contribution in [-0.4, -0.2) is 55.6 Å². The molecule has 3 aromatic carbocycles. The maximum atomic E-state index is 13.7. The summed E-state index contributed by atoms with van der Waals surface area (Å²) in [5, 5.41) is 5.69. The number of hydrogen-bond donors (Lipinski definition) is 2. The lowest BCUT2D eigenvalue weighted by molar-refractivity contribution is -0.134. The average Bonchev–Trinajstić information content (AvgIpc) is 3.15. The van der Waals surface area contributed by atoms with E-state index >= 15 is 0 Å². The van der Waals surface area contributed by atoms with Crippen LogP contribution in [0.3, 0.4) is 0 Å². The third kappa shape index (κ3) is 4.81. The molecule has 0 radical (unpaired) electrons. The quantitative estimate of drug-likeness (QED) is 0.503. The number of nitrogens with one attached hydrogen (secondary N) is 2. The summed E-state index contributed by atoms with van der Waals surface area (Å²) in [5.74, 6) is -0.887. The predicted molar refractivity (Wildman–Crippen MR) is 137 cm³/mol. The van der Waals surface area contributed by atoms with Gasteiger partial charge in [-0.25, -0.2) is 4.79 Å². The minimum atomic E-state index is -1.28. The summed E-state index contributed by atoms with van der Waals surface area (Å²) in [5.41, 5.74) is 1.96. The van der Waals surface area contributed by atoms with E-state index in [0.717, 1.165) is 29.2 Å². The SMILES string of the molecule is O=C(CN1C(=O)N[C@@](Cc2ccccc2)(c2ccccc2)C1=O)Nc1ccc(N2CCOCC2)cc1. The highest BCUT2D eigenvalue weighted by Gasteiger charge is 2.52. The van der Waals surface area contributed by atoms with Crippen LogP contribution in [0.1, 0.15) is 11.1 Å². The summed E-state index contributed by atoms with van der Waals surface area (Å²) in [6, 6.07) is 25.6. The molecule has 8 nitrogen and oxygen atoms in total. The number of morpholine rings is 1. The molecule has 0 unspecified atom stereocenters. The van der Waals surface area contributed by atoms with E-state index in [2.05, 4.69) is 15.5 Å². The summed E-state index contributed by atoms with van der Waals surface area (Å²) in [6.45, 7) is 2.66. The molecule has 0 saturated carbocycles. The summed E-state index contributed by atoms with van der Waals surface area (Å²) >= 11 is 0. The highest BCUT2D eigenvalue weighted by molar-refractivity contribution is 6.10. The first-order valence-electron chi connectivity index (χ1n) is 12.0. The monoisotopic (exact) mass is 484 g/mol. The first kappa shape index (κ1) is 23.6. The maximum Gasteiger partial charge on any atom is 0.325 e. The summed E-state index contributed by atoms with van der Waals surface area (Å²) in [4.78, 5) is 42.7. The number of rotatable bonds is 7. The zero-order chi connectivity index (χ0) is 25.0. The summed E-state index contributed by atoms with van der Waals surface area (Å²) in [7, 11) is 0. The largest absolute Gasteiger partial charge is 0.378 e. The second-order valence-electron chi connectivity index (χ2n) is 8.95. The topological polar surface area (TPSA) is 91.0 Å². The minimum Gasteiger partial charge on any atom is -0.378 e. The molecule has 2 fully saturated rings. The molecule has 36 heavy (non-hydrogen) atoms. The Labute approximate surface area is 209 Å². The first-order valence-corrected chi connectivity index (χ1v) is 12.0. The van der Waals surface area contributed by atoms with Crippen LogP contribution in [-0.2, 0) is 26.3 Å². The minimum absolute atomic E-state index is 0.281. The van der Waals surface area contributed by atoms with E-state index < -0.39 is 23.4 Å². The molecule has 1 atom stereocenters. The zero-order valence-corrected chi connectivity index (χ0v) is 19.9. The number of imide groups is 1. The highest BCUT2D eigenvalue weighted by atomic mass is 16.5. The fourth-order valence-corrected chi connectivity index (χ4v) is 4.73. The van der Waals surface area contributed by atoms with Crippen molar-refractivity contribution < 1.29 is 19.1 Å². The second-order valence-corrected chi connectivity index (χ2v) is 8.95. The molecular formula is C28H28N4O4. The molecule has 184 valence electrons. The number of benzene rings is 3. The number of ether oxygens (including phenoxy) is 1. The third-order valence-electron chi connectivity index (χ3n) is 6.58. The van der Waals surface area contributed by atoms with Crippen molar-refractivity contribution in [3.05, 3.63) is 96.1 Å². The van der Waals surface area contributed by atoms with Gasteiger partial charge in [-0.15, -0.1) is 0 Å². The van der Waals surface area contributed by atoms with Gasteiger partial charge < -0.3 is 20.3 Å². The fourth-order valence-electron chi connectivity index (χ4n) is 4.73. The molecule has 2 saturated heterocycles. The van der Waals surface area contributed by atoms with Crippen molar-refractivity contribution in [1.29, 1.82) is 0 Å². The Morgan fingerprint density at radius 2 is 1.53 bits per heavy atom. The van der Waals surface area contributed by atoms with Gasteiger partial charge in [-0.05, 0) is 35.4 Å². The van der Waals surface area contributed by atoms with Gasteiger partial charge in [0.05, 0.1) is 13.2 Å². The number of amides is 4. The van der Waals surface area contributed by atoms with Gasteiger partial charge >= 0.3 is 6.03 Å². The normalized spacial score (nSPS) is 19.8. The van der Waals surface area contributed by atoms with E-state index in [9.17, 15) is 14.4 Å². The van der Waals surface area contributed by atoms with Crippen molar-refractivity contribution in [3.63, 3.8) is 0 Å². The van der Waals surface area contributed by atoms with Gasteiger partial charge in [-0.2, -0.15) is 0 Å². The lowest BCUT2D eigenvalue weighted by atomic mass is 9.83. The van der Waals surface area contributed by atoms with Crippen molar-refractivity contribution in [3.8, 4) is 0 Å². The van der Waals surface area contributed by atoms with Crippen molar-refractivity contribution in [2.45, 2.75) is 12.0 Å². The number of urea groups is 1. The first-order chi connectivity index (χ1) is 17.5. The lowest BCUT2D eigenvalue weighted by Crippen LogP contribution is -2.46. The molecule has 5 rings (SSSR count). The number of nitrogens with zero attached hydrogens (tertiary/aromatic N) is 2. The lowest BCUT2D eigenvalue weighted by Gasteiger charge is -2.29. The maximum absolute atomic E-state index is 13.7. The summed E-state index contributed by atoms with van der Waals surface area (Å²) < 4.78 is 5.39. The molecule has 2 N–H and O–H groups in total. The molecule has 4 amide bonds. The Morgan fingerprint density at radius 3 is 2.19 bits per heavy atom. The van der Waals surface area contributed by atoms with Gasteiger partial charge in [0, 0.05) is 30.9 Å². The van der Waals surface area contributed by atoms with Crippen LogP contribution in [0.25, 0.3) is 0 Å². The van der Waals surface area contributed by atoms with Crippen molar-refractivity contribution >= 4 is 29.2 Å². The predicted octanol–water partition coefficient (Wildman–Crippen LogP) is 3.15. The van der Waals surface area contributed by atoms with E-state index in [1.54, 1.807) is 0 Å². The second kappa shape index (κ2) is 10.2. The number of anilines is 2. The molecular weight excluding hydrogens is 456 g/mol. The van der Waals surface area contributed by atoms with E-state index in [0.29, 0.717) is 24.5 Å². The summed E-state index contributed by atoms with van der Waals surface area (Å²) in [6.07, 6.45) is 0.281. The van der Waals surface area contributed by atoms with Gasteiger partial charge in [0.2, 0.25) is 5.91 Å². The van der Waals surface area contributed by atoms with Gasteiger partial charge in [0.25, 0.3) is 5.91 Å². The Morgan fingerprint density at radius 1 is 0.889 bits per heavy atom. The van der Waals surface area contributed by atoms with Gasteiger partial charge in [-0.3, -0.25) is 14.5 Å². The van der Waals surface area contributed by atoms with E-state index in [-0.39, 0.29) is 13.0 Å². The van der Waals surface area contributed by atoms with Gasteiger partial charge in [-0.1, -0.05) is 60.7 Å². The number of carbonyl (C=O) groups is 3. The molecule has 2 aliphatic rings. The number of carbonyl (C=O) groups excluding carboxylic acids is 3. The van der Waals surface area contributed by atoms with Crippen molar-refractivity contribution in [2.75, 3.05) is 43.1 Å². The van der Waals surface area contributed by atoms with E-state index in [1.807, 2.05) is 84.9 Å². The third-order valence-corrected chi connectivity index (χ3v) is 6.58. The Kier molecular flexibility index (Phi) is 6.69. The van der Waals surface area contributed by atoms with Gasteiger partial charge in [0.1, 0.15) is 6.54 Å². The Balaban J connectivity index is 1.30. The molecule has 3 aromatic rings. The molecule has 0 aromatic heterocycles. The average molecular weight is 485 g/mol. The molecule has 8 heteroatoms. The Bertz CT molecular complexity index is 1230. The van der Waals surface area contributed by atoms with Gasteiger partial charge in [0.15, 0.2) is 5.54 Å². The smallest absolute Gasteiger partial charge is 0.325 e. The zero-order valence-electron chi connectivity index (χ0n) is 19.9. The van der Waals surface area contributed by atoms with Crippen LogP contribution in [0.4, 0.5) is 16.2 Å². The molecule has 2 aliphatic heterocycles. The molecule has 2 heterocycles. The van der Waals surface area contributed by atoms with Crippen LogP contribution < -0.4 is 15.5 Å². The van der Waals surface area contributed by atoms with Crippen LogP contribution >= 0.6 is 0 Å². The molecule has 0 bridgehead atoms. The standard InChI is InChI=1S/C28H28N4O4/c33-25(29-23-11-13-24(14-12-23)31-15-17-36-18-16-31)20-32-26(34)28(30-27(32)35,22-9-5-2-6-10-22)19-21-7-3-1-4-8-21/h1-14H,15-20H2,(H,29,33)(H,30,35)/t28-/m0/s1. The van der Waals surface area contributed by atoms with Crippen molar-refractivity contribution in [1.82, 2.24) is 10.2 Å². The van der Waals surface area contributed by atoms with Crippen molar-refractivity contribution in [2.24, 2.45) is 0 Å².